The Morgan fingerprint density at radius 2 is 0.774 bits per heavy atom. The van der Waals surface area contributed by atoms with Gasteiger partial charge in [0.05, 0.1) is 33.6 Å². The Bertz CT molecular complexity index is 3410. The molecule has 9 aromatic carbocycles. The van der Waals surface area contributed by atoms with Crippen LogP contribution in [0.3, 0.4) is 0 Å². The second-order valence-electron chi connectivity index (χ2n) is 15.4. The van der Waals surface area contributed by atoms with Crippen LogP contribution in [-0.4, -0.2) is 15.0 Å². The molecule has 0 radical (unpaired) electrons. The highest BCUT2D eigenvalue weighted by Gasteiger charge is 2.29. The third kappa shape index (κ3) is 6.50. The quantitative estimate of drug-likeness (QED) is 0.113. The van der Waals surface area contributed by atoms with Crippen LogP contribution in [0.1, 0.15) is 0 Å². The number of nitrogens with zero attached hydrogens (tertiary/aromatic N) is 3. The number of benzene rings is 9. The second-order valence-corrected chi connectivity index (χ2v) is 18.2. The molecule has 0 unspecified atom stereocenters. The molecule has 0 N–H and O–H groups in total. The Balaban J connectivity index is 1.15. The van der Waals surface area contributed by atoms with E-state index in [9.17, 15) is 0 Å². The van der Waals surface area contributed by atoms with Crippen molar-refractivity contribution in [1.29, 1.82) is 0 Å². The second kappa shape index (κ2) is 15.7. The molecule has 0 aliphatic heterocycles. The van der Waals surface area contributed by atoms with Crippen molar-refractivity contribution in [3.63, 3.8) is 0 Å². The summed E-state index contributed by atoms with van der Waals surface area (Å²) in [4.78, 5) is 16.6. The Hall–Kier alpha value is -7.78. The van der Waals surface area contributed by atoms with E-state index in [1.807, 2.05) is 109 Å². The molecule has 0 aliphatic rings. The average molecular weight is 812 g/mol. The molecule has 0 saturated heterocycles. The average Bonchev–Trinajstić information content (AvgIpc) is 3.36. The molecule has 4 nitrogen and oxygen atoms in total. The van der Waals surface area contributed by atoms with Crippen molar-refractivity contribution in [3.8, 4) is 56.0 Å². The molecule has 0 fully saturated rings. The summed E-state index contributed by atoms with van der Waals surface area (Å²) >= 11 is 0. The molecule has 2 heterocycles. The van der Waals surface area contributed by atoms with Crippen LogP contribution in [0.4, 0.5) is 0 Å². The van der Waals surface area contributed by atoms with Gasteiger partial charge in [0.25, 0.3) is 0 Å². The minimum atomic E-state index is -3.12. The molecule has 0 bridgehead atoms. The number of para-hydroxylation sites is 1. The van der Waals surface area contributed by atoms with Gasteiger partial charge in [-0.1, -0.05) is 212 Å². The zero-order valence-electron chi connectivity index (χ0n) is 33.6. The summed E-state index contributed by atoms with van der Waals surface area (Å²) in [7, 11) is -3.12. The lowest BCUT2D eigenvalue weighted by atomic mass is 9.90. The van der Waals surface area contributed by atoms with Crippen LogP contribution in [0.25, 0.3) is 88.7 Å². The number of hydrogen-bond donors (Lipinski definition) is 0. The Labute approximate surface area is 360 Å². The number of hydrogen-bond acceptors (Lipinski definition) is 4. The summed E-state index contributed by atoms with van der Waals surface area (Å²) in [5.41, 5.74) is 12.1. The molecular weight excluding hydrogens is 774 g/mol. The first kappa shape index (κ1) is 37.2. The van der Waals surface area contributed by atoms with E-state index in [0.717, 1.165) is 105 Å². The first-order valence-corrected chi connectivity index (χ1v) is 22.5. The van der Waals surface area contributed by atoms with Gasteiger partial charge in [-0.2, -0.15) is 0 Å². The highest BCUT2D eigenvalue weighted by molar-refractivity contribution is 7.85. The predicted molar refractivity (Wildman–Crippen MR) is 259 cm³/mol. The summed E-state index contributed by atoms with van der Waals surface area (Å²) in [6.07, 6.45) is 0. The SMILES string of the molecule is O=P(c1ccccc1)(c1ccccc1)c1ccc(-c2cccc(-c3nc4ccccc4c4c(-c5ccccc5)cc5nc(-c6ccccc6)c(-c6ccccc6)nc5c34)c2)cc1. The van der Waals surface area contributed by atoms with Crippen molar-refractivity contribution in [2.24, 2.45) is 0 Å². The van der Waals surface area contributed by atoms with Crippen LogP contribution in [0.2, 0.25) is 0 Å². The standard InChI is InChI=1S/C57H38N3OP/c61-62(45-27-12-4-13-28-45,46-29-14-5-15-30-46)47-35-33-39(34-36-47)43-25-18-26-44(37-43)54-53-52(48-31-16-17-32-50(48)58-54)49(40-19-6-1-7-20-40)38-51-57(53)60-56(42-23-10-3-11-24-42)55(59-51)41-21-8-2-9-22-41/h1-38H. The molecule has 0 aliphatic carbocycles. The van der Waals surface area contributed by atoms with E-state index in [4.69, 9.17) is 15.0 Å². The van der Waals surface area contributed by atoms with Crippen LogP contribution in [0.5, 0.6) is 0 Å². The maximum Gasteiger partial charge on any atom is 0.171 e. The summed E-state index contributed by atoms with van der Waals surface area (Å²) in [6, 6.07) is 78.2. The van der Waals surface area contributed by atoms with Gasteiger partial charge in [0, 0.05) is 48.8 Å². The summed E-state index contributed by atoms with van der Waals surface area (Å²) in [5, 5.41) is 5.49. The minimum absolute atomic E-state index is 0.791. The third-order valence-corrected chi connectivity index (χ3v) is 14.8. The van der Waals surface area contributed by atoms with E-state index < -0.39 is 7.14 Å². The predicted octanol–water partition coefficient (Wildman–Crippen LogP) is 13.3. The van der Waals surface area contributed by atoms with Crippen molar-refractivity contribution in [3.05, 3.63) is 231 Å². The van der Waals surface area contributed by atoms with Crippen molar-refractivity contribution in [2.75, 3.05) is 0 Å². The van der Waals surface area contributed by atoms with Gasteiger partial charge in [0.2, 0.25) is 0 Å². The first-order valence-electron chi connectivity index (χ1n) is 20.8. The van der Waals surface area contributed by atoms with Crippen molar-refractivity contribution in [2.45, 2.75) is 0 Å². The minimum Gasteiger partial charge on any atom is -0.309 e. The monoisotopic (exact) mass is 811 g/mol. The number of aromatic nitrogens is 3. The molecular formula is C57H38N3OP. The molecule has 0 atom stereocenters. The Morgan fingerprint density at radius 1 is 0.306 bits per heavy atom. The lowest BCUT2D eigenvalue weighted by Crippen LogP contribution is -2.24. The summed E-state index contributed by atoms with van der Waals surface area (Å²) in [5.74, 6) is 0. The van der Waals surface area contributed by atoms with Gasteiger partial charge < -0.3 is 4.57 Å². The summed E-state index contributed by atoms with van der Waals surface area (Å²) in [6.45, 7) is 0. The van der Waals surface area contributed by atoms with Crippen LogP contribution < -0.4 is 15.9 Å². The third-order valence-electron chi connectivity index (χ3n) is 11.7. The molecule has 0 saturated carbocycles. The number of pyridine rings is 1. The van der Waals surface area contributed by atoms with Gasteiger partial charge in [-0.15, -0.1) is 0 Å². The first-order chi connectivity index (χ1) is 30.6. The normalized spacial score (nSPS) is 11.6. The van der Waals surface area contributed by atoms with Crippen LogP contribution in [0.15, 0.2) is 231 Å². The van der Waals surface area contributed by atoms with E-state index in [1.54, 1.807) is 0 Å². The molecule has 5 heteroatoms. The maximum atomic E-state index is 15.2. The molecule has 292 valence electrons. The van der Waals surface area contributed by atoms with Gasteiger partial charge in [0.15, 0.2) is 7.14 Å². The number of rotatable bonds is 8. The molecule has 0 spiro atoms. The van der Waals surface area contributed by atoms with Gasteiger partial charge in [0.1, 0.15) is 0 Å². The molecule has 62 heavy (non-hydrogen) atoms. The zero-order chi connectivity index (χ0) is 41.5. The number of fused-ring (bicyclic) bond motifs is 5. The molecule has 11 aromatic rings. The van der Waals surface area contributed by atoms with Crippen molar-refractivity contribution < 1.29 is 4.57 Å². The Morgan fingerprint density at radius 3 is 1.39 bits per heavy atom. The highest BCUT2D eigenvalue weighted by atomic mass is 31.2. The fraction of sp³-hybridized carbons (Fsp3) is 0. The molecule has 2 aromatic heterocycles. The lowest BCUT2D eigenvalue weighted by molar-refractivity contribution is 0.592. The molecule has 11 rings (SSSR count). The maximum absolute atomic E-state index is 15.2. The van der Waals surface area contributed by atoms with Gasteiger partial charge in [-0.05, 0) is 40.5 Å². The smallest absolute Gasteiger partial charge is 0.171 e. The van der Waals surface area contributed by atoms with E-state index >= 15 is 4.57 Å². The van der Waals surface area contributed by atoms with Gasteiger partial charge in [-0.3, -0.25) is 0 Å². The lowest BCUT2D eigenvalue weighted by Gasteiger charge is -2.20. The highest BCUT2D eigenvalue weighted by Crippen LogP contribution is 2.45. The topological polar surface area (TPSA) is 55.7 Å². The largest absolute Gasteiger partial charge is 0.309 e. The van der Waals surface area contributed by atoms with Crippen molar-refractivity contribution in [1.82, 2.24) is 15.0 Å². The van der Waals surface area contributed by atoms with E-state index in [2.05, 4.69) is 121 Å². The van der Waals surface area contributed by atoms with Gasteiger partial charge >= 0.3 is 0 Å². The Kier molecular flexibility index (Phi) is 9.41. The fourth-order valence-corrected chi connectivity index (χ4v) is 11.4. The van der Waals surface area contributed by atoms with Crippen LogP contribution in [-0.2, 0) is 4.57 Å². The van der Waals surface area contributed by atoms with Gasteiger partial charge in [-0.25, -0.2) is 15.0 Å². The van der Waals surface area contributed by atoms with E-state index in [0.29, 0.717) is 0 Å². The van der Waals surface area contributed by atoms with Crippen LogP contribution >= 0.6 is 7.14 Å². The fourth-order valence-electron chi connectivity index (χ4n) is 8.75. The zero-order valence-corrected chi connectivity index (χ0v) is 34.5. The van der Waals surface area contributed by atoms with Crippen molar-refractivity contribution >= 4 is 55.8 Å². The van der Waals surface area contributed by atoms with E-state index in [1.165, 1.54) is 0 Å². The van der Waals surface area contributed by atoms with E-state index in [-0.39, 0.29) is 0 Å². The van der Waals surface area contributed by atoms with Crippen LogP contribution in [0, 0.1) is 0 Å². The summed E-state index contributed by atoms with van der Waals surface area (Å²) < 4.78 is 15.2. The molecule has 0 amide bonds.